The zero-order valence-corrected chi connectivity index (χ0v) is 10.7. The summed E-state index contributed by atoms with van der Waals surface area (Å²) in [7, 11) is 0. The van der Waals surface area contributed by atoms with Crippen molar-refractivity contribution >= 4 is 28.3 Å². The van der Waals surface area contributed by atoms with E-state index in [1.54, 1.807) is 6.20 Å². The molecule has 20 heavy (non-hydrogen) atoms. The molecule has 2 nitrogen and oxygen atoms in total. The van der Waals surface area contributed by atoms with Crippen molar-refractivity contribution in [3.8, 4) is 0 Å². The summed E-state index contributed by atoms with van der Waals surface area (Å²) in [4.78, 5) is 16.9. The minimum Gasteiger partial charge on any atom is -0.289 e. The number of hydrogen-bond acceptors (Lipinski definition) is 2. The molecule has 0 aliphatic heterocycles. The molecule has 1 aliphatic rings. The molecule has 3 aromatic rings. The van der Waals surface area contributed by atoms with Crippen molar-refractivity contribution in [3.05, 3.63) is 77.5 Å². The number of carbonyl (C=O) groups excluding carboxylic acids is 1. The van der Waals surface area contributed by atoms with Crippen molar-refractivity contribution in [1.82, 2.24) is 4.98 Å². The molecule has 4 rings (SSSR count). The van der Waals surface area contributed by atoms with Crippen LogP contribution < -0.4 is 0 Å². The van der Waals surface area contributed by atoms with Crippen molar-refractivity contribution in [2.75, 3.05) is 0 Å². The van der Waals surface area contributed by atoms with Crippen LogP contribution in [0.2, 0.25) is 0 Å². The molecule has 0 spiro atoms. The van der Waals surface area contributed by atoms with Gasteiger partial charge in [-0.1, -0.05) is 42.5 Å². The van der Waals surface area contributed by atoms with Crippen molar-refractivity contribution in [2.24, 2.45) is 0 Å². The molecule has 2 heteroatoms. The summed E-state index contributed by atoms with van der Waals surface area (Å²) in [5, 5.41) is 1.05. The van der Waals surface area contributed by atoms with Crippen LogP contribution in [0.5, 0.6) is 0 Å². The predicted molar refractivity (Wildman–Crippen MR) is 80.4 cm³/mol. The van der Waals surface area contributed by atoms with Crippen LogP contribution in [0.4, 0.5) is 0 Å². The standard InChI is InChI=1S/C18H11NO/c20-18-15-7-3-1-5-12(15)10-16(18)14-9-13-6-2-4-8-17(13)19-11-14/h1-11H. The third kappa shape index (κ3) is 1.58. The molecular weight excluding hydrogens is 246 g/mol. The second-order valence-electron chi connectivity index (χ2n) is 4.89. The fourth-order valence-electron chi connectivity index (χ4n) is 2.63. The number of ketones is 1. The molecule has 1 aliphatic carbocycles. The van der Waals surface area contributed by atoms with Crippen LogP contribution in [0.3, 0.4) is 0 Å². The fraction of sp³-hybridized carbons (Fsp3) is 0. The molecule has 94 valence electrons. The van der Waals surface area contributed by atoms with E-state index in [0.717, 1.165) is 33.2 Å². The van der Waals surface area contributed by atoms with Crippen LogP contribution in [-0.4, -0.2) is 10.8 Å². The highest BCUT2D eigenvalue weighted by Crippen LogP contribution is 2.32. The van der Waals surface area contributed by atoms with E-state index >= 15 is 0 Å². The maximum absolute atomic E-state index is 12.4. The number of carbonyl (C=O) groups is 1. The Morgan fingerprint density at radius 3 is 2.60 bits per heavy atom. The summed E-state index contributed by atoms with van der Waals surface area (Å²) >= 11 is 0. The summed E-state index contributed by atoms with van der Waals surface area (Å²) < 4.78 is 0. The highest BCUT2D eigenvalue weighted by atomic mass is 16.1. The van der Waals surface area contributed by atoms with Gasteiger partial charge in [-0.25, -0.2) is 0 Å². The Labute approximate surface area is 116 Å². The van der Waals surface area contributed by atoms with Gasteiger partial charge in [0.1, 0.15) is 0 Å². The number of hydrogen-bond donors (Lipinski definition) is 0. The van der Waals surface area contributed by atoms with Crippen LogP contribution >= 0.6 is 0 Å². The van der Waals surface area contributed by atoms with Gasteiger partial charge >= 0.3 is 0 Å². The Kier molecular flexibility index (Phi) is 2.30. The largest absolute Gasteiger partial charge is 0.289 e. The highest BCUT2D eigenvalue weighted by Gasteiger charge is 2.23. The molecule has 1 heterocycles. The predicted octanol–water partition coefficient (Wildman–Crippen LogP) is 3.97. The van der Waals surface area contributed by atoms with Crippen LogP contribution in [0, 0.1) is 0 Å². The number of allylic oxidation sites excluding steroid dienone is 1. The Bertz CT molecular complexity index is 877. The number of Topliss-reactive ketones (excluding diaryl/α,β-unsaturated/α-hetero) is 1. The number of aromatic nitrogens is 1. The Morgan fingerprint density at radius 2 is 1.70 bits per heavy atom. The van der Waals surface area contributed by atoms with E-state index in [4.69, 9.17) is 0 Å². The molecule has 0 N–H and O–H groups in total. The minimum absolute atomic E-state index is 0.0812. The van der Waals surface area contributed by atoms with E-state index in [1.165, 1.54) is 0 Å². The first kappa shape index (κ1) is 11.1. The number of pyridine rings is 1. The zero-order valence-electron chi connectivity index (χ0n) is 10.7. The Morgan fingerprint density at radius 1 is 0.900 bits per heavy atom. The smallest absolute Gasteiger partial charge is 0.194 e. The number of rotatable bonds is 1. The first-order valence-electron chi connectivity index (χ1n) is 6.53. The molecule has 0 unspecified atom stereocenters. The lowest BCUT2D eigenvalue weighted by Gasteiger charge is -2.03. The summed E-state index contributed by atoms with van der Waals surface area (Å²) in [5.41, 5.74) is 4.31. The van der Waals surface area contributed by atoms with E-state index in [0.29, 0.717) is 0 Å². The molecule has 2 aromatic carbocycles. The van der Waals surface area contributed by atoms with Gasteiger partial charge in [0.05, 0.1) is 5.52 Å². The average Bonchev–Trinajstić information content (AvgIpc) is 2.84. The molecule has 0 radical (unpaired) electrons. The molecule has 0 saturated heterocycles. The second kappa shape index (κ2) is 4.14. The van der Waals surface area contributed by atoms with E-state index in [1.807, 2.05) is 60.7 Å². The summed E-state index contributed by atoms with van der Waals surface area (Å²) in [6, 6.07) is 17.6. The second-order valence-corrected chi connectivity index (χ2v) is 4.89. The molecule has 1 aromatic heterocycles. The molecule has 0 atom stereocenters. The quantitative estimate of drug-likeness (QED) is 0.660. The summed E-state index contributed by atoms with van der Waals surface area (Å²) in [5.74, 6) is 0.0812. The maximum atomic E-state index is 12.4. The van der Waals surface area contributed by atoms with Crippen LogP contribution in [0.15, 0.2) is 60.8 Å². The Balaban J connectivity index is 1.87. The van der Waals surface area contributed by atoms with Gasteiger partial charge < -0.3 is 0 Å². The van der Waals surface area contributed by atoms with Crippen molar-refractivity contribution in [3.63, 3.8) is 0 Å². The zero-order chi connectivity index (χ0) is 13.5. The average molecular weight is 257 g/mol. The third-order valence-electron chi connectivity index (χ3n) is 3.65. The number of nitrogens with zero attached hydrogens (tertiary/aromatic N) is 1. The van der Waals surface area contributed by atoms with Gasteiger partial charge in [-0.05, 0) is 23.8 Å². The van der Waals surface area contributed by atoms with E-state index in [2.05, 4.69) is 4.98 Å². The highest BCUT2D eigenvalue weighted by molar-refractivity contribution is 6.37. The van der Waals surface area contributed by atoms with Gasteiger partial charge in [-0.3, -0.25) is 9.78 Å². The molecule has 0 bridgehead atoms. The molecular formula is C18H11NO. The number of benzene rings is 2. The van der Waals surface area contributed by atoms with E-state index < -0.39 is 0 Å². The van der Waals surface area contributed by atoms with Gasteiger partial charge in [0.2, 0.25) is 0 Å². The number of para-hydroxylation sites is 1. The van der Waals surface area contributed by atoms with Crippen molar-refractivity contribution < 1.29 is 4.79 Å². The van der Waals surface area contributed by atoms with Gasteiger partial charge in [-0.15, -0.1) is 0 Å². The van der Waals surface area contributed by atoms with Crippen LogP contribution in [0.1, 0.15) is 21.5 Å². The van der Waals surface area contributed by atoms with Crippen LogP contribution in [0.25, 0.3) is 22.6 Å². The fourth-order valence-corrected chi connectivity index (χ4v) is 2.63. The van der Waals surface area contributed by atoms with Gasteiger partial charge in [0, 0.05) is 28.3 Å². The van der Waals surface area contributed by atoms with Gasteiger partial charge in [0.15, 0.2) is 5.78 Å². The lowest BCUT2D eigenvalue weighted by atomic mass is 10.0. The third-order valence-corrected chi connectivity index (χ3v) is 3.65. The molecule has 0 saturated carbocycles. The summed E-state index contributed by atoms with van der Waals surface area (Å²) in [6.45, 7) is 0. The van der Waals surface area contributed by atoms with Gasteiger partial charge in [0.25, 0.3) is 0 Å². The summed E-state index contributed by atoms with van der Waals surface area (Å²) in [6.07, 6.45) is 3.72. The molecule has 0 fully saturated rings. The van der Waals surface area contributed by atoms with Crippen molar-refractivity contribution in [2.45, 2.75) is 0 Å². The van der Waals surface area contributed by atoms with Crippen LogP contribution in [-0.2, 0) is 0 Å². The molecule has 0 amide bonds. The maximum Gasteiger partial charge on any atom is 0.194 e. The van der Waals surface area contributed by atoms with E-state index in [-0.39, 0.29) is 5.78 Å². The Hall–Kier alpha value is -2.74. The SMILES string of the molecule is O=C1C(c2cnc3ccccc3c2)=Cc2ccccc21. The lowest BCUT2D eigenvalue weighted by Crippen LogP contribution is -1.98. The lowest BCUT2D eigenvalue weighted by molar-refractivity contribution is 0.105. The van der Waals surface area contributed by atoms with Crippen molar-refractivity contribution in [1.29, 1.82) is 0 Å². The first-order valence-corrected chi connectivity index (χ1v) is 6.53. The number of fused-ring (bicyclic) bond motifs is 2. The minimum atomic E-state index is 0.0812. The monoisotopic (exact) mass is 257 g/mol. The first-order chi connectivity index (χ1) is 9.83. The van der Waals surface area contributed by atoms with Gasteiger partial charge in [-0.2, -0.15) is 0 Å². The topological polar surface area (TPSA) is 30.0 Å². The normalized spacial score (nSPS) is 13.4. The van der Waals surface area contributed by atoms with E-state index in [9.17, 15) is 4.79 Å².